The molecule has 1 fully saturated rings. The van der Waals surface area contributed by atoms with Crippen molar-refractivity contribution in [1.82, 2.24) is 14.1 Å². The van der Waals surface area contributed by atoms with Gasteiger partial charge in [-0.2, -0.15) is 0 Å². The Kier molecular flexibility index (Phi) is 5.12. The van der Waals surface area contributed by atoms with Gasteiger partial charge in [-0.05, 0) is 73.4 Å². The van der Waals surface area contributed by atoms with Gasteiger partial charge in [-0.1, -0.05) is 6.92 Å². The van der Waals surface area contributed by atoms with E-state index in [1.165, 1.54) is 12.7 Å². The van der Waals surface area contributed by atoms with E-state index < -0.39 is 9.84 Å². The Balaban J connectivity index is 1.89. The maximum Gasteiger partial charge on any atom is 0.253 e. The molecule has 4 rings (SSSR count). The average molecular weight is 428 g/mol. The molecule has 0 bridgehead atoms. The Labute approximate surface area is 177 Å². The zero-order valence-electron chi connectivity index (χ0n) is 18.3. The molecule has 0 N–H and O–H groups in total. The minimum absolute atomic E-state index is 0.0318. The number of aromatic nitrogens is 3. The van der Waals surface area contributed by atoms with Gasteiger partial charge in [0.2, 0.25) is 0 Å². The highest BCUT2D eigenvalue weighted by atomic mass is 32.2. The first kappa shape index (κ1) is 20.8. The number of hydrogen-bond acceptors (Lipinski definition) is 4. The van der Waals surface area contributed by atoms with Crippen molar-refractivity contribution >= 4 is 20.9 Å². The standard InChI is InChI=1S/C23H29N3O3S/c1-14-8-17(14)6-7-26-16(3)24-22-20(13-30(5,28)29)10-18(11-21(22)26)19-9-15(2)23(27)25(4)12-19/h9-12,14,17H,6-8,13H2,1-5H3. The number of aryl methyl sites for hydroxylation is 4. The molecule has 1 aliphatic carbocycles. The Hall–Kier alpha value is -2.41. The lowest BCUT2D eigenvalue weighted by molar-refractivity contribution is 0.573. The summed E-state index contributed by atoms with van der Waals surface area (Å²) in [6, 6.07) is 5.85. The van der Waals surface area contributed by atoms with Crippen LogP contribution >= 0.6 is 0 Å². The van der Waals surface area contributed by atoms with Crippen molar-refractivity contribution in [3.63, 3.8) is 0 Å². The number of sulfone groups is 1. The summed E-state index contributed by atoms with van der Waals surface area (Å²) in [5, 5.41) is 0. The molecule has 160 valence electrons. The van der Waals surface area contributed by atoms with E-state index in [0.29, 0.717) is 11.1 Å². The molecular formula is C23H29N3O3S. The lowest BCUT2D eigenvalue weighted by Crippen LogP contribution is -2.18. The van der Waals surface area contributed by atoms with Crippen molar-refractivity contribution in [2.24, 2.45) is 18.9 Å². The minimum Gasteiger partial charge on any atom is -0.328 e. The third kappa shape index (κ3) is 4.08. The second-order valence-corrected chi connectivity index (χ2v) is 11.1. The van der Waals surface area contributed by atoms with Gasteiger partial charge >= 0.3 is 0 Å². The van der Waals surface area contributed by atoms with Gasteiger partial charge in [-0.3, -0.25) is 4.79 Å². The summed E-state index contributed by atoms with van der Waals surface area (Å²) in [4.78, 5) is 16.9. The van der Waals surface area contributed by atoms with Crippen molar-refractivity contribution in [2.45, 2.75) is 45.9 Å². The zero-order chi connectivity index (χ0) is 21.8. The van der Waals surface area contributed by atoms with Crippen LogP contribution in [0.15, 0.2) is 29.2 Å². The smallest absolute Gasteiger partial charge is 0.253 e. The minimum atomic E-state index is -3.22. The van der Waals surface area contributed by atoms with Crippen molar-refractivity contribution < 1.29 is 8.42 Å². The number of hydrogen-bond donors (Lipinski definition) is 0. The number of fused-ring (bicyclic) bond motifs is 1. The lowest BCUT2D eigenvalue weighted by atomic mass is 10.0. The Morgan fingerprint density at radius 3 is 2.47 bits per heavy atom. The number of rotatable bonds is 6. The van der Waals surface area contributed by atoms with E-state index in [-0.39, 0.29) is 11.3 Å². The fourth-order valence-electron chi connectivity index (χ4n) is 4.38. The first-order chi connectivity index (χ1) is 14.0. The van der Waals surface area contributed by atoms with Crippen LogP contribution in [-0.2, 0) is 29.2 Å². The van der Waals surface area contributed by atoms with Crippen LogP contribution in [0.4, 0.5) is 0 Å². The fourth-order valence-corrected chi connectivity index (χ4v) is 5.17. The van der Waals surface area contributed by atoms with E-state index in [1.807, 2.05) is 19.1 Å². The molecule has 2 heterocycles. The summed E-state index contributed by atoms with van der Waals surface area (Å²) < 4.78 is 28.0. The van der Waals surface area contributed by atoms with Crippen LogP contribution in [0.5, 0.6) is 0 Å². The molecule has 0 aliphatic heterocycles. The highest BCUT2D eigenvalue weighted by molar-refractivity contribution is 7.89. The van der Waals surface area contributed by atoms with E-state index in [0.717, 1.165) is 52.8 Å². The van der Waals surface area contributed by atoms with E-state index in [9.17, 15) is 13.2 Å². The first-order valence-corrected chi connectivity index (χ1v) is 12.4. The summed E-state index contributed by atoms with van der Waals surface area (Å²) in [6.07, 6.45) is 5.45. The van der Waals surface area contributed by atoms with Crippen LogP contribution < -0.4 is 5.56 Å². The molecule has 0 amide bonds. The fraction of sp³-hybridized carbons (Fsp3) is 0.478. The first-order valence-electron chi connectivity index (χ1n) is 10.4. The third-order valence-corrected chi connectivity index (χ3v) is 7.07. The monoisotopic (exact) mass is 427 g/mol. The van der Waals surface area contributed by atoms with E-state index in [2.05, 4.69) is 17.6 Å². The predicted octanol–water partition coefficient (Wildman–Crippen LogP) is 3.61. The Morgan fingerprint density at radius 1 is 1.17 bits per heavy atom. The van der Waals surface area contributed by atoms with Crippen LogP contribution in [0.1, 0.15) is 36.7 Å². The number of pyridine rings is 1. The normalized spacial score (nSPS) is 18.8. The van der Waals surface area contributed by atoms with Crippen molar-refractivity contribution in [3.8, 4) is 11.1 Å². The Bertz CT molecular complexity index is 1280. The van der Waals surface area contributed by atoms with Crippen molar-refractivity contribution in [2.75, 3.05) is 6.26 Å². The molecule has 1 aromatic carbocycles. The maximum absolute atomic E-state index is 12.1. The van der Waals surface area contributed by atoms with Gasteiger partial charge in [0.15, 0.2) is 9.84 Å². The van der Waals surface area contributed by atoms with Gasteiger partial charge in [0, 0.05) is 31.6 Å². The van der Waals surface area contributed by atoms with Crippen LogP contribution in [-0.4, -0.2) is 28.8 Å². The molecule has 7 heteroatoms. The Morgan fingerprint density at radius 2 is 1.87 bits per heavy atom. The largest absolute Gasteiger partial charge is 0.328 e. The van der Waals surface area contributed by atoms with Crippen molar-refractivity contribution in [3.05, 3.63) is 51.7 Å². The molecule has 2 aromatic heterocycles. The van der Waals surface area contributed by atoms with Crippen LogP contribution in [0.25, 0.3) is 22.2 Å². The topological polar surface area (TPSA) is 74.0 Å². The molecule has 1 aliphatic rings. The SMILES string of the molecule is Cc1cc(-c2cc(CS(C)(=O)=O)c3nc(C)n(CCC4CC4C)c3c2)cn(C)c1=O. The third-order valence-electron chi connectivity index (χ3n) is 6.24. The second kappa shape index (κ2) is 7.38. The van der Waals surface area contributed by atoms with Crippen LogP contribution in [0.3, 0.4) is 0 Å². The van der Waals surface area contributed by atoms with E-state index in [1.54, 1.807) is 24.7 Å². The molecule has 2 atom stereocenters. The molecule has 6 nitrogen and oxygen atoms in total. The van der Waals surface area contributed by atoms with Gasteiger partial charge in [-0.15, -0.1) is 0 Å². The number of imidazole rings is 1. The highest BCUT2D eigenvalue weighted by Crippen LogP contribution is 2.41. The maximum atomic E-state index is 12.1. The molecule has 2 unspecified atom stereocenters. The quantitative estimate of drug-likeness (QED) is 0.602. The molecular weight excluding hydrogens is 398 g/mol. The molecule has 0 spiro atoms. The summed E-state index contributed by atoms with van der Waals surface area (Å²) in [5.41, 5.74) is 4.85. The van der Waals surface area contributed by atoms with Gasteiger partial charge < -0.3 is 9.13 Å². The predicted molar refractivity (Wildman–Crippen MR) is 120 cm³/mol. The van der Waals surface area contributed by atoms with Crippen LogP contribution in [0.2, 0.25) is 0 Å². The van der Waals surface area contributed by atoms with Gasteiger partial charge in [0.25, 0.3) is 5.56 Å². The second-order valence-electron chi connectivity index (χ2n) is 8.97. The molecule has 3 aromatic rings. The number of nitrogens with zero attached hydrogens (tertiary/aromatic N) is 3. The molecule has 1 saturated carbocycles. The molecule has 0 radical (unpaired) electrons. The van der Waals surface area contributed by atoms with E-state index in [4.69, 9.17) is 4.98 Å². The molecule has 0 saturated heterocycles. The van der Waals surface area contributed by atoms with Crippen LogP contribution in [0, 0.1) is 25.7 Å². The van der Waals surface area contributed by atoms with Crippen molar-refractivity contribution in [1.29, 1.82) is 0 Å². The summed E-state index contributed by atoms with van der Waals surface area (Å²) >= 11 is 0. The summed E-state index contributed by atoms with van der Waals surface area (Å²) in [7, 11) is -1.49. The van der Waals surface area contributed by atoms with Gasteiger partial charge in [0.05, 0.1) is 16.8 Å². The van der Waals surface area contributed by atoms with E-state index >= 15 is 0 Å². The van der Waals surface area contributed by atoms with Gasteiger partial charge in [0.1, 0.15) is 5.82 Å². The van der Waals surface area contributed by atoms with Gasteiger partial charge in [-0.25, -0.2) is 13.4 Å². The lowest BCUT2D eigenvalue weighted by Gasteiger charge is -2.12. The summed E-state index contributed by atoms with van der Waals surface area (Å²) in [6.45, 7) is 6.95. The molecule has 30 heavy (non-hydrogen) atoms. The highest BCUT2D eigenvalue weighted by Gasteiger charge is 2.32. The number of benzene rings is 1. The zero-order valence-corrected chi connectivity index (χ0v) is 19.1. The summed E-state index contributed by atoms with van der Waals surface area (Å²) in [5.74, 6) is 2.41. The average Bonchev–Trinajstić information content (AvgIpc) is 3.25.